The molecule has 1 saturated heterocycles. The van der Waals surface area contributed by atoms with Gasteiger partial charge in [-0.15, -0.1) is 11.3 Å². The molecule has 0 N–H and O–H groups in total. The number of piperazine rings is 1. The van der Waals surface area contributed by atoms with Gasteiger partial charge in [0, 0.05) is 59.1 Å². The van der Waals surface area contributed by atoms with Crippen molar-refractivity contribution in [1.29, 1.82) is 0 Å². The highest BCUT2D eigenvalue weighted by molar-refractivity contribution is 7.21. The molecule has 1 amide bonds. The number of nitro benzene ring substituents is 1. The number of halogens is 2. The van der Waals surface area contributed by atoms with Crippen molar-refractivity contribution in [3.05, 3.63) is 67.5 Å². The lowest BCUT2D eigenvalue weighted by molar-refractivity contribution is -0.384. The minimum absolute atomic E-state index is 0.0667. The highest BCUT2D eigenvalue weighted by atomic mass is 35.5. The number of nitro groups is 1. The lowest BCUT2D eigenvalue weighted by atomic mass is 10.2. The quantitative estimate of drug-likeness (QED) is 0.424. The number of amides is 1. The summed E-state index contributed by atoms with van der Waals surface area (Å²) in [6, 6.07) is 11.9. The van der Waals surface area contributed by atoms with Crippen molar-refractivity contribution in [3.8, 4) is 0 Å². The predicted octanol–water partition coefficient (Wildman–Crippen LogP) is 5.08. The minimum Gasteiger partial charge on any atom is -0.368 e. The molecule has 1 fully saturated rings. The summed E-state index contributed by atoms with van der Waals surface area (Å²) in [4.78, 5) is 27.8. The van der Waals surface area contributed by atoms with Crippen LogP contribution in [0.3, 0.4) is 0 Å². The number of rotatable bonds is 3. The summed E-state index contributed by atoms with van der Waals surface area (Å²) < 4.78 is 0.894. The zero-order chi connectivity index (χ0) is 19.8. The summed E-state index contributed by atoms with van der Waals surface area (Å²) in [5.41, 5.74) is 0.976. The van der Waals surface area contributed by atoms with E-state index in [1.165, 1.54) is 23.5 Å². The molecule has 0 saturated carbocycles. The van der Waals surface area contributed by atoms with Gasteiger partial charge in [0.05, 0.1) is 9.95 Å². The van der Waals surface area contributed by atoms with E-state index in [9.17, 15) is 14.9 Å². The van der Waals surface area contributed by atoms with Crippen LogP contribution in [0, 0.1) is 10.1 Å². The van der Waals surface area contributed by atoms with Gasteiger partial charge in [0.15, 0.2) is 0 Å². The van der Waals surface area contributed by atoms with Crippen molar-refractivity contribution >= 4 is 61.9 Å². The second kappa shape index (κ2) is 7.58. The average Bonchev–Trinajstić information content (AvgIpc) is 3.03. The third-order valence-electron chi connectivity index (χ3n) is 4.78. The molecule has 28 heavy (non-hydrogen) atoms. The molecule has 1 aromatic heterocycles. The van der Waals surface area contributed by atoms with E-state index in [1.54, 1.807) is 23.1 Å². The third kappa shape index (κ3) is 3.53. The summed E-state index contributed by atoms with van der Waals surface area (Å²) in [7, 11) is 0. The van der Waals surface area contributed by atoms with Crippen LogP contribution in [-0.2, 0) is 0 Å². The van der Waals surface area contributed by atoms with Crippen molar-refractivity contribution in [3.63, 3.8) is 0 Å². The molecule has 144 valence electrons. The van der Waals surface area contributed by atoms with Gasteiger partial charge >= 0.3 is 0 Å². The number of benzene rings is 2. The van der Waals surface area contributed by atoms with Gasteiger partial charge in [-0.2, -0.15) is 0 Å². The normalized spacial score (nSPS) is 14.5. The van der Waals surface area contributed by atoms with Crippen molar-refractivity contribution < 1.29 is 9.72 Å². The van der Waals surface area contributed by atoms with Crippen LogP contribution in [-0.4, -0.2) is 41.9 Å². The first-order chi connectivity index (χ1) is 13.4. The van der Waals surface area contributed by atoms with Gasteiger partial charge in [-0.05, 0) is 24.3 Å². The van der Waals surface area contributed by atoms with E-state index in [2.05, 4.69) is 4.90 Å². The van der Waals surface area contributed by atoms with Crippen molar-refractivity contribution in [2.45, 2.75) is 0 Å². The number of anilines is 1. The van der Waals surface area contributed by atoms with E-state index < -0.39 is 4.92 Å². The molecule has 4 rings (SSSR count). The van der Waals surface area contributed by atoms with E-state index in [0.717, 1.165) is 15.8 Å². The Morgan fingerprint density at radius 1 is 1.04 bits per heavy atom. The molecule has 2 heterocycles. The van der Waals surface area contributed by atoms with Gasteiger partial charge in [0.2, 0.25) is 0 Å². The molecule has 9 heteroatoms. The van der Waals surface area contributed by atoms with E-state index in [-0.39, 0.29) is 11.6 Å². The fourth-order valence-corrected chi connectivity index (χ4v) is 5.03. The molecule has 0 aliphatic carbocycles. The highest BCUT2D eigenvalue weighted by Crippen LogP contribution is 2.37. The van der Waals surface area contributed by atoms with Crippen LogP contribution >= 0.6 is 34.5 Å². The number of hydrogen-bond acceptors (Lipinski definition) is 5. The summed E-state index contributed by atoms with van der Waals surface area (Å²) >= 11 is 13.8. The summed E-state index contributed by atoms with van der Waals surface area (Å²) in [6.45, 7) is 2.41. The zero-order valence-electron chi connectivity index (χ0n) is 14.6. The molecule has 1 aliphatic rings. The number of thiophene rings is 1. The smallest absolute Gasteiger partial charge is 0.269 e. The molecule has 1 aliphatic heterocycles. The van der Waals surface area contributed by atoms with Crippen LogP contribution in [0.15, 0.2) is 42.5 Å². The summed E-state index contributed by atoms with van der Waals surface area (Å²) in [5.74, 6) is -0.0781. The minimum atomic E-state index is -0.414. The Hall–Kier alpha value is -2.35. The lowest BCUT2D eigenvalue weighted by Gasteiger charge is -2.36. The SMILES string of the molecule is O=C(c1sc2cc(Cl)ccc2c1Cl)N1CCN(c2ccc([N+](=O)[O-])cc2)CC1. The van der Waals surface area contributed by atoms with E-state index in [1.807, 2.05) is 12.1 Å². The fraction of sp³-hybridized carbons (Fsp3) is 0.211. The van der Waals surface area contributed by atoms with Gasteiger partial charge in [-0.25, -0.2) is 0 Å². The van der Waals surface area contributed by atoms with E-state index in [0.29, 0.717) is 41.1 Å². The maximum atomic E-state index is 13.0. The van der Waals surface area contributed by atoms with Crippen molar-refractivity contribution in [2.24, 2.45) is 0 Å². The molecule has 0 unspecified atom stereocenters. The molecule has 0 bridgehead atoms. The van der Waals surface area contributed by atoms with Gasteiger partial charge < -0.3 is 9.80 Å². The van der Waals surface area contributed by atoms with Gasteiger partial charge in [0.1, 0.15) is 4.88 Å². The van der Waals surface area contributed by atoms with Crippen LogP contribution in [0.5, 0.6) is 0 Å². The maximum Gasteiger partial charge on any atom is 0.269 e. The van der Waals surface area contributed by atoms with Crippen LogP contribution in [0.25, 0.3) is 10.1 Å². The zero-order valence-corrected chi connectivity index (χ0v) is 16.9. The molecular weight excluding hydrogens is 421 g/mol. The van der Waals surface area contributed by atoms with Gasteiger partial charge in [-0.3, -0.25) is 14.9 Å². The van der Waals surface area contributed by atoms with Crippen LogP contribution < -0.4 is 4.90 Å². The van der Waals surface area contributed by atoms with Crippen LogP contribution in [0.4, 0.5) is 11.4 Å². The molecule has 0 atom stereocenters. The number of nitrogens with zero attached hydrogens (tertiary/aromatic N) is 3. The van der Waals surface area contributed by atoms with Crippen molar-refractivity contribution in [1.82, 2.24) is 4.90 Å². The Bertz CT molecular complexity index is 1060. The number of fused-ring (bicyclic) bond motifs is 1. The first-order valence-electron chi connectivity index (χ1n) is 8.60. The first kappa shape index (κ1) is 19.0. The predicted molar refractivity (Wildman–Crippen MR) is 113 cm³/mol. The fourth-order valence-electron chi connectivity index (χ4n) is 3.27. The lowest BCUT2D eigenvalue weighted by Crippen LogP contribution is -2.48. The molecule has 6 nitrogen and oxygen atoms in total. The number of carbonyl (C=O) groups excluding carboxylic acids is 1. The molecule has 2 aromatic carbocycles. The Morgan fingerprint density at radius 2 is 1.71 bits per heavy atom. The van der Waals surface area contributed by atoms with Gasteiger partial charge in [-0.1, -0.05) is 29.3 Å². The monoisotopic (exact) mass is 435 g/mol. The Balaban J connectivity index is 1.47. The molecular formula is C19H15Cl2N3O3S. The van der Waals surface area contributed by atoms with Gasteiger partial charge in [0.25, 0.3) is 11.6 Å². The highest BCUT2D eigenvalue weighted by Gasteiger charge is 2.26. The van der Waals surface area contributed by atoms with E-state index >= 15 is 0 Å². The largest absolute Gasteiger partial charge is 0.368 e. The number of non-ortho nitro benzene ring substituents is 1. The first-order valence-corrected chi connectivity index (χ1v) is 10.2. The van der Waals surface area contributed by atoms with Crippen molar-refractivity contribution in [2.75, 3.05) is 31.1 Å². The van der Waals surface area contributed by atoms with E-state index in [4.69, 9.17) is 23.2 Å². The average molecular weight is 436 g/mol. The second-order valence-corrected chi connectivity index (χ2v) is 8.31. The van der Waals surface area contributed by atoms with Crippen LogP contribution in [0.1, 0.15) is 9.67 Å². The third-order valence-corrected chi connectivity index (χ3v) is 6.66. The molecule has 0 radical (unpaired) electrons. The molecule has 3 aromatic rings. The summed E-state index contributed by atoms with van der Waals surface area (Å²) in [6.07, 6.45) is 0. The second-order valence-electron chi connectivity index (χ2n) is 6.44. The number of hydrogen-bond donors (Lipinski definition) is 0. The standard InChI is InChI=1S/C19H15Cl2N3O3S/c20-12-1-6-15-16(11-12)28-18(17(15)21)19(25)23-9-7-22(8-10-23)13-2-4-14(5-3-13)24(26)27/h1-6,11H,7-10H2. The summed E-state index contributed by atoms with van der Waals surface area (Å²) in [5, 5.41) is 12.7. The Labute approximate surface area is 175 Å². The maximum absolute atomic E-state index is 13.0. The molecule has 0 spiro atoms. The van der Waals surface area contributed by atoms with Crippen LogP contribution in [0.2, 0.25) is 10.0 Å². The number of carbonyl (C=O) groups is 1. The Morgan fingerprint density at radius 3 is 2.36 bits per heavy atom. The Kier molecular flexibility index (Phi) is 5.14. The topological polar surface area (TPSA) is 66.7 Å².